The molecule has 7 nitrogen and oxygen atoms in total. The van der Waals surface area contributed by atoms with Gasteiger partial charge in [-0.3, -0.25) is 10.1 Å². The summed E-state index contributed by atoms with van der Waals surface area (Å²) >= 11 is 0. The predicted molar refractivity (Wildman–Crippen MR) is 133 cm³/mol. The van der Waals surface area contributed by atoms with Crippen LogP contribution in [-0.2, 0) is 9.53 Å². The summed E-state index contributed by atoms with van der Waals surface area (Å²) in [6.07, 6.45) is -1.55. The largest absolute Gasteiger partial charge is 0.481 e. The molecule has 2 N–H and O–H groups in total. The van der Waals surface area contributed by atoms with Crippen LogP contribution >= 0.6 is 0 Å². The number of nitrogens with zero attached hydrogens (tertiary/aromatic N) is 1. The fourth-order valence-electron chi connectivity index (χ4n) is 3.80. The van der Waals surface area contributed by atoms with Crippen LogP contribution in [0.5, 0.6) is 0 Å². The maximum Gasteiger partial charge on any atom is 0.412 e. The van der Waals surface area contributed by atoms with Crippen molar-refractivity contribution in [3.05, 3.63) is 95.5 Å². The van der Waals surface area contributed by atoms with Crippen LogP contribution in [0.2, 0.25) is 0 Å². The number of halogens is 1. The van der Waals surface area contributed by atoms with Crippen molar-refractivity contribution in [2.75, 3.05) is 5.32 Å². The van der Waals surface area contributed by atoms with Gasteiger partial charge in [-0.2, -0.15) is 0 Å². The number of ether oxygens (including phenoxy) is 1. The number of rotatable bonds is 7. The second kappa shape index (κ2) is 10.4. The number of hydrogen-bond donors (Lipinski definition) is 2. The average Bonchev–Trinajstić information content (AvgIpc) is 3.23. The van der Waals surface area contributed by atoms with Crippen LogP contribution in [0, 0.1) is 12.7 Å². The molecule has 1 heterocycles. The Bertz CT molecular complexity index is 1380. The van der Waals surface area contributed by atoms with Crippen molar-refractivity contribution in [2.24, 2.45) is 0 Å². The highest BCUT2D eigenvalue weighted by atomic mass is 19.1. The lowest BCUT2D eigenvalue weighted by molar-refractivity contribution is -0.138. The van der Waals surface area contributed by atoms with E-state index in [1.807, 2.05) is 36.4 Å². The summed E-state index contributed by atoms with van der Waals surface area (Å²) in [5.41, 5.74) is 4.37. The first kappa shape index (κ1) is 24.7. The molecule has 8 heteroatoms. The molecule has 2 unspecified atom stereocenters. The van der Waals surface area contributed by atoms with E-state index < -0.39 is 29.9 Å². The van der Waals surface area contributed by atoms with E-state index in [0.29, 0.717) is 22.7 Å². The van der Waals surface area contributed by atoms with Crippen molar-refractivity contribution in [2.45, 2.75) is 32.8 Å². The van der Waals surface area contributed by atoms with Crippen LogP contribution in [0.1, 0.15) is 42.8 Å². The van der Waals surface area contributed by atoms with Crippen LogP contribution in [0.3, 0.4) is 0 Å². The lowest BCUT2D eigenvalue weighted by Gasteiger charge is -2.15. The van der Waals surface area contributed by atoms with Gasteiger partial charge in [-0.05, 0) is 43.5 Å². The van der Waals surface area contributed by atoms with Crippen LogP contribution in [0.15, 0.2) is 77.3 Å². The smallest absolute Gasteiger partial charge is 0.412 e. The predicted octanol–water partition coefficient (Wildman–Crippen LogP) is 6.95. The van der Waals surface area contributed by atoms with Crippen molar-refractivity contribution in [3.63, 3.8) is 0 Å². The number of aliphatic carboxylic acids is 1. The lowest BCUT2D eigenvalue weighted by atomic mass is 9.97. The number of carboxylic acids is 1. The van der Waals surface area contributed by atoms with Gasteiger partial charge in [0, 0.05) is 11.1 Å². The van der Waals surface area contributed by atoms with Gasteiger partial charge < -0.3 is 14.4 Å². The molecular weight excluding hydrogens is 463 g/mol. The van der Waals surface area contributed by atoms with Gasteiger partial charge in [0.2, 0.25) is 0 Å². The lowest BCUT2D eigenvalue weighted by Crippen LogP contribution is -2.17. The van der Waals surface area contributed by atoms with E-state index in [1.165, 1.54) is 6.07 Å². The second-order valence-corrected chi connectivity index (χ2v) is 8.42. The van der Waals surface area contributed by atoms with Gasteiger partial charge in [-0.1, -0.05) is 71.9 Å². The molecule has 4 aromatic rings. The number of anilines is 1. The number of carboxylic acid groups (broad SMARTS) is 1. The molecule has 0 saturated carbocycles. The molecule has 0 aliphatic rings. The highest BCUT2D eigenvalue weighted by Gasteiger charge is 2.21. The summed E-state index contributed by atoms with van der Waals surface area (Å²) in [7, 11) is 0. The molecule has 0 fully saturated rings. The maximum absolute atomic E-state index is 14.0. The molecule has 0 aliphatic heterocycles. The monoisotopic (exact) mass is 488 g/mol. The quantitative estimate of drug-likeness (QED) is 0.292. The molecule has 1 amide bonds. The van der Waals surface area contributed by atoms with Crippen molar-refractivity contribution in [1.82, 2.24) is 5.16 Å². The minimum atomic E-state index is -0.870. The number of amides is 1. The first-order valence-electron chi connectivity index (χ1n) is 11.4. The SMILES string of the molecule is Cc1onc(-c2ccc(-c3ccc(C(C)C(=O)O)cc3)cc2)c1NC(=O)OC(C)c1ccccc1F. The Morgan fingerprint density at radius 1 is 0.944 bits per heavy atom. The summed E-state index contributed by atoms with van der Waals surface area (Å²) in [4.78, 5) is 23.7. The van der Waals surface area contributed by atoms with Gasteiger partial charge >= 0.3 is 12.1 Å². The van der Waals surface area contributed by atoms with E-state index in [4.69, 9.17) is 9.26 Å². The van der Waals surface area contributed by atoms with E-state index in [9.17, 15) is 19.1 Å². The number of benzene rings is 3. The number of aryl methyl sites for hydroxylation is 1. The van der Waals surface area contributed by atoms with Crippen LogP contribution < -0.4 is 5.32 Å². The zero-order valence-corrected chi connectivity index (χ0v) is 20.0. The Balaban J connectivity index is 1.49. The highest BCUT2D eigenvalue weighted by molar-refractivity contribution is 5.91. The Labute approximate surface area is 207 Å². The normalized spacial score (nSPS) is 12.6. The van der Waals surface area contributed by atoms with E-state index in [1.54, 1.807) is 51.1 Å². The molecule has 36 heavy (non-hydrogen) atoms. The maximum atomic E-state index is 14.0. The average molecular weight is 489 g/mol. The first-order valence-corrected chi connectivity index (χ1v) is 11.4. The minimum absolute atomic E-state index is 0.274. The summed E-state index contributed by atoms with van der Waals surface area (Å²) in [6.45, 7) is 4.90. The van der Waals surface area contributed by atoms with E-state index >= 15 is 0 Å². The minimum Gasteiger partial charge on any atom is -0.481 e. The van der Waals surface area contributed by atoms with Crippen LogP contribution in [0.4, 0.5) is 14.9 Å². The Kier molecular flexibility index (Phi) is 7.15. The number of nitrogens with one attached hydrogen (secondary N) is 1. The third-order valence-corrected chi connectivity index (χ3v) is 5.99. The van der Waals surface area contributed by atoms with Gasteiger partial charge in [0.05, 0.1) is 5.92 Å². The van der Waals surface area contributed by atoms with Crippen molar-refractivity contribution in [3.8, 4) is 22.4 Å². The fourth-order valence-corrected chi connectivity index (χ4v) is 3.80. The summed E-state index contributed by atoms with van der Waals surface area (Å²) < 4.78 is 24.7. The fraction of sp³-hybridized carbons (Fsp3) is 0.179. The number of carbonyl (C=O) groups is 2. The van der Waals surface area contributed by atoms with Crippen LogP contribution in [0.25, 0.3) is 22.4 Å². The molecule has 3 aromatic carbocycles. The van der Waals surface area contributed by atoms with Crippen LogP contribution in [-0.4, -0.2) is 22.3 Å². The van der Waals surface area contributed by atoms with Crippen molar-refractivity contribution < 1.29 is 28.3 Å². The molecule has 0 spiro atoms. The number of aromatic nitrogens is 1. The molecule has 0 aliphatic carbocycles. The van der Waals surface area contributed by atoms with E-state index in [2.05, 4.69) is 10.5 Å². The third kappa shape index (κ3) is 5.27. The van der Waals surface area contributed by atoms with Crippen molar-refractivity contribution >= 4 is 17.7 Å². The Morgan fingerprint density at radius 2 is 1.53 bits per heavy atom. The molecule has 0 bridgehead atoms. The highest BCUT2D eigenvalue weighted by Crippen LogP contribution is 2.32. The third-order valence-electron chi connectivity index (χ3n) is 5.99. The summed E-state index contributed by atoms with van der Waals surface area (Å²) in [5, 5.41) is 15.9. The topological polar surface area (TPSA) is 102 Å². The molecule has 1 aromatic heterocycles. The molecule has 0 radical (unpaired) electrons. The van der Waals surface area contributed by atoms with Gasteiger partial charge in [-0.15, -0.1) is 0 Å². The van der Waals surface area contributed by atoms with Gasteiger partial charge in [0.15, 0.2) is 5.76 Å². The van der Waals surface area contributed by atoms with Gasteiger partial charge in [0.25, 0.3) is 0 Å². The molecule has 184 valence electrons. The van der Waals surface area contributed by atoms with E-state index in [-0.39, 0.29) is 5.56 Å². The number of hydrogen-bond acceptors (Lipinski definition) is 5. The molecule has 4 rings (SSSR count). The van der Waals surface area contributed by atoms with Crippen molar-refractivity contribution in [1.29, 1.82) is 0 Å². The number of carbonyl (C=O) groups excluding carboxylic acids is 1. The van der Waals surface area contributed by atoms with E-state index in [0.717, 1.165) is 16.7 Å². The summed E-state index contributed by atoms with van der Waals surface area (Å²) in [6, 6.07) is 21.0. The standard InChI is InChI=1S/C28H25FN2O5/c1-16(27(32)33)19-8-10-20(11-9-19)21-12-14-22(15-13-21)26-25(18(3)36-31-26)30-28(34)35-17(2)23-6-4-5-7-24(23)29/h4-17H,1-3H3,(H,30,34)(H,32,33). The molecule has 0 saturated heterocycles. The summed E-state index contributed by atoms with van der Waals surface area (Å²) in [5.74, 6) is -1.51. The van der Waals surface area contributed by atoms with Gasteiger partial charge in [-0.25, -0.2) is 9.18 Å². The zero-order chi connectivity index (χ0) is 25.8. The molecule has 2 atom stereocenters. The first-order chi connectivity index (χ1) is 17.2. The van der Waals surface area contributed by atoms with Gasteiger partial charge in [0.1, 0.15) is 23.3 Å². The Hall–Kier alpha value is -4.46. The second-order valence-electron chi connectivity index (χ2n) is 8.42. The zero-order valence-electron chi connectivity index (χ0n) is 20.0. The Morgan fingerprint density at radius 3 is 2.14 bits per heavy atom. The molecular formula is C28H25FN2O5.